The molecule has 5 heterocycles. The molecule has 5 rings (SSSR count). The van der Waals surface area contributed by atoms with Crippen LogP contribution in [0.5, 0.6) is 0 Å². The van der Waals surface area contributed by atoms with Crippen LogP contribution in [0.15, 0.2) is 47.2 Å². The number of nitrogens with zero attached hydrogens (tertiary/aromatic N) is 3. The number of carbonyl (C=O) groups excluding carboxylic acids is 1. The first-order valence-corrected chi connectivity index (χ1v) is 11.7. The monoisotopic (exact) mass is 441 g/mol. The van der Waals surface area contributed by atoms with E-state index in [9.17, 15) is 4.79 Å². The summed E-state index contributed by atoms with van der Waals surface area (Å²) in [6.45, 7) is 5.59. The van der Waals surface area contributed by atoms with Crippen molar-refractivity contribution in [3.05, 3.63) is 47.7 Å². The predicted molar refractivity (Wildman–Crippen MR) is 119 cm³/mol. The summed E-state index contributed by atoms with van der Waals surface area (Å²) >= 11 is 1.47. The molecule has 0 bridgehead atoms. The molecule has 0 aromatic carbocycles. The number of thiazole rings is 1. The topological polar surface area (TPSA) is 68.0 Å². The lowest BCUT2D eigenvalue weighted by molar-refractivity contribution is 0.0369. The van der Waals surface area contributed by atoms with E-state index in [0.717, 1.165) is 50.8 Å². The lowest BCUT2D eigenvalue weighted by atomic mass is 9.94. The molecule has 164 valence electrons. The van der Waals surface area contributed by atoms with Gasteiger partial charge in [-0.1, -0.05) is 23.5 Å². The van der Waals surface area contributed by atoms with E-state index in [1.54, 1.807) is 6.26 Å². The molecule has 2 aromatic heterocycles. The molecular weight excluding hydrogens is 414 g/mol. The van der Waals surface area contributed by atoms with Crippen molar-refractivity contribution in [3.63, 3.8) is 0 Å². The first-order valence-electron chi connectivity index (χ1n) is 10.9. The summed E-state index contributed by atoms with van der Waals surface area (Å²) in [7, 11) is 0. The number of aromatic nitrogens is 1. The van der Waals surface area contributed by atoms with Gasteiger partial charge in [-0.3, -0.25) is 9.69 Å². The van der Waals surface area contributed by atoms with Gasteiger partial charge in [-0.25, -0.2) is 4.98 Å². The second-order valence-electron chi connectivity index (χ2n) is 8.02. The Balaban J connectivity index is 1.44. The fraction of sp³-hybridized carbons (Fsp3) is 0.478. The van der Waals surface area contributed by atoms with Gasteiger partial charge < -0.3 is 18.8 Å². The van der Waals surface area contributed by atoms with Crippen molar-refractivity contribution in [2.45, 2.75) is 18.9 Å². The Hall–Kier alpha value is -2.26. The van der Waals surface area contributed by atoms with E-state index in [1.807, 2.05) is 18.2 Å². The average molecular weight is 442 g/mol. The molecule has 2 saturated heterocycles. The summed E-state index contributed by atoms with van der Waals surface area (Å²) in [5, 5.41) is 0.820. The zero-order chi connectivity index (χ0) is 21.0. The van der Waals surface area contributed by atoms with E-state index in [4.69, 9.17) is 18.9 Å². The summed E-state index contributed by atoms with van der Waals surface area (Å²) in [4.78, 5) is 23.6. The van der Waals surface area contributed by atoms with Gasteiger partial charge in [-0.15, -0.1) is 0 Å². The van der Waals surface area contributed by atoms with Crippen molar-refractivity contribution < 1.29 is 18.7 Å². The Labute approximate surface area is 185 Å². The van der Waals surface area contributed by atoms with Crippen molar-refractivity contribution in [1.82, 2.24) is 9.88 Å². The number of allylic oxidation sites excluding steroid dienone is 2. The third kappa shape index (κ3) is 4.52. The average Bonchev–Trinajstić information content (AvgIpc) is 3.50. The molecule has 3 aliphatic rings. The van der Waals surface area contributed by atoms with Crippen molar-refractivity contribution in [2.75, 3.05) is 51.0 Å². The van der Waals surface area contributed by atoms with Crippen LogP contribution in [0.1, 0.15) is 22.5 Å². The number of Topliss-reactive ketones (excluding diaryl/α,β-unsaturated/α-hetero) is 1. The molecule has 2 fully saturated rings. The summed E-state index contributed by atoms with van der Waals surface area (Å²) in [5.41, 5.74) is 0.648. The molecule has 31 heavy (non-hydrogen) atoms. The van der Waals surface area contributed by atoms with Gasteiger partial charge in [-0.05, 0) is 31.1 Å². The van der Waals surface area contributed by atoms with Crippen LogP contribution in [0.4, 0.5) is 5.13 Å². The number of carbonyl (C=O) groups is 1. The van der Waals surface area contributed by atoms with E-state index in [-0.39, 0.29) is 17.7 Å². The molecule has 0 aliphatic carbocycles. The van der Waals surface area contributed by atoms with E-state index in [0.29, 0.717) is 29.5 Å². The highest BCUT2D eigenvalue weighted by Gasteiger charge is 2.31. The quantitative estimate of drug-likeness (QED) is 0.635. The Morgan fingerprint density at radius 1 is 1.13 bits per heavy atom. The van der Waals surface area contributed by atoms with Crippen LogP contribution < -0.4 is 4.90 Å². The minimum absolute atomic E-state index is 0.0169. The number of hydrogen-bond acceptors (Lipinski definition) is 8. The molecule has 1 unspecified atom stereocenters. The Kier molecular flexibility index (Phi) is 6.31. The maximum Gasteiger partial charge on any atom is 0.191 e. The molecule has 2 aromatic rings. The Morgan fingerprint density at radius 2 is 1.94 bits per heavy atom. The fourth-order valence-electron chi connectivity index (χ4n) is 4.25. The molecule has 0 spiro atoms. The molecule has 1 atom stereocenters. The van der Waals surface area contributed by atoms with Crippen molar-refractivity contribution in [2.24, 2.45) is 5.92 Å². The maximum atomic E-state index is 13.4. The number of furan rings is 1. The SMILES string of the molecule is O=C(c1sc(N2C=CC=CC2CN2CCOCC2)nc1-c1ccco1)C1CCOCC1. The number of ketones is 1. The van der Waals surface area contributed by atoms with Gasteiger partial charge in [0.15, 0.2) is 16.7 Å². The highest BCUT2D eigenvalue weighted by Crippen LogP contribution is 2.38. The highest BCUT2D eigenvalue weighted by molar-refractivity contribution is 7.18. The molecule has 3 aliphatic heterocycles. The zero-order valence-electron chi connectivity index (χ0n) is 17.4. The lowest BCUT2D eigenvalue weighted by Crippen LogP contribution is -2.45. The Bertz CT molecular complexity index is 940. The highest BCUT2D eigenvalue weighted by atomic mass is 32.1. The van der Waals surface area contributed by atoms with Crippen LogP contribution >= 0.6 is 11.3 Å². The van der Waals surface area contributed by atoms with Crippen LogP contribution in [0.3, 0.4) is 0 Å². The molecule has 0 saturated carbocycles. The fourth-order valence-corrected chi connectivity index (χ4v) is 5.38. The molecule has 7 nitrogen and oxygen atoms in total. The first kappa shape index (κ1) is 20.6. The van der Waals surface area contributed by atoms with Gasteiger partial charge in [0.05, 0.1) is 25.5 Å². The number of morpholine rings is 1. The van der Waals surface area contributed by atoms with Crippen LogP contribution in [0.2, 0.25) is 0 Å². The van der Waals surface area contributed by atoms with Gasteiger partial charge in [0, 0.05) is 45.0 Å². The minimum atomic E-state index is -0.0169. The summed E-state index contributed by atoms with van der Waals surface area (Å²) in [6.07, 6.45) is 11.5. The van der Waals surface area contributed by atoms with E-state index in [1.165, 1.54) is 11.3 Å². The molecule has 0 radical (unpaired) electrons. The molecule has 0 amide bonds. The summed E-state index contributed by atoms with van der Waals surface area (Å²) in [5.74, 6) is 0.774. The van der Waals surface area contributed by atoms with Crippen LogP contribution in [-0.4, -0.2) is 67.8 Å². The molecule has 8 heteroatoms. The minimum Gasteiger partial charge on any atom is -0.463 e. The summed E-state index contributed by atoms with van der Waals surface area (Å²) in [6, 6.07) is 3.86. The van der Waals surface area contributed by atoms with E-state index < -0.39 is 0 Å². The third-order valence-electron chi connectivity index (χ3n) is 6.00. The standard InChI is InChI=1S/C23H27N3O4S/c27-21(17-6-12-28-13-7-17)22-20(19-5-3-11-30-19)24-23(31-22)26-8-2-1-4-18(26)16-25-9-14-29-15-10-25/h1-5,8,11,17-18H,6-7,9-10,12-16H2. The smallest absolute Gasteiger partial charge is 0.191 e. The largest absolute Gasteiger partial charge is 0.463 e. The second kappa shape index (κ2) is 9.48. The Morgan fingerprint density at radius 3 is 2.71 bits per heavy atom. The number of hydrogen-bond donors (Lipinski definition) is 0. The van der Waals surface area contributed by atoms with Gasteiger partial charge in [-0.2, -0.15) is 0 Å². The van der Waals surface area contributed by atoms with Crippen molar-refractivity contribution in [3.8, 4) is 11.5 Å². The number of ether oxygens (including phenoxy) is 2. The number of rotatable bonds is 6. The van der Waals surface area contributed by atoms with Gasteiger partial charge in [0.2, 0.25) is 0 Å². The van der Waals surface area contributed by atoms with Crippen LogP contribution in [0.25, 0.3) is 11.5 Å². The van der Waals surface area contributed by atoms with Crippen LogP contribution in [0, 0.1) is 5.92 Å². The number of anilines is 1. The van der Waals surface area contributed by atoms with Crippen molar-refractivity contribution >= 4 is 22.3 Å². The lowest BCUT2D eigenvalue weighted by Gasteiger charge is -2.34. The zero-order valence-corrected chi connectivity index (χ0v) is 18.3. The van der Waals surface area contributed by atoms with Crippen molar-refractivity contribution in [1.29, 1.82) is 0 Å². The predicted octanol–water partition coefficient (Wildman–Crippen LogP) is 3.60. The van der Waals surface area contributed by atoms with E-state index in [2.05, 4.69) is 28.2 Å². The third-order valence-corrected chi connectivity index (χ3v) is 7.09. The van der Waals surface area contributed by atoms with Gasteiger partial charge in [0.1, 0.15) is 10.6 Å². The van der Waals surface area contributed by atoms with Crippen LogP contribution in [-0.2, 0) is 9.47 Å². The second-order valence-corrected chi connectivity index (χ2v) is 8.99. The molecular formula is C23H27N3O4S. The van der Waals surface area contributed by atoms with Gasteiger partial charge >= 0.3 is 0 Å². The molecule has 0 N–H and O–H groups in total. The first-order chi connectivity index (χ1) is 15.3. The van der Waals surface area contributed by atoms with E-state index >= 15 is 0 Å². The normalized spacial score (nSPS) is 22.8. The maximum absolute atomic E-state index is 13.4. The summed E-state index contributed by atoms with van der Waals surface area (Å²) < 4.78 is 16.6. The van der Waals surface area contributed by atoms with Gasteiger partial charge in [0.25, 0.3) is 0 Å².